The predicted octanol–water partition coefficient (Wildman–Crippen LogP) is 6.99. The van der Waals surface area contributed by atoms with E-state index in [4.69, 9.17) is 4.98 Å². The maximum atomic E-state index is 5.05. The Balaban J connectivity index is 1.88. The normalized spacial score (nSPS) is 26.5. The van der Waals surface area contributed by atoms with Crippen molar-refractivity contribution in [3.63, 3.8) is 0 Å². The van der Waals surface area contributed by atoms with Gasteiger partial charge in [0.2, 0.25) is 0 Å². The largest absolute Gasteiger partial charge is 0.325 e. The number of pyridine rings is 1. The van der Waals surface area contributed by atoms with E-state index in [9.17, 15) is 0 Å². The molecule has 3 nitrogen and oxygen atoms in total. The van der Waals surface area contributed by atoms with Crippen LogP contribution in [0.25, 0.3) is 0 Å². The lowest BCUT2D eigenvalue weighted by molar-refractivity contribution is 0.167. The van der Waals surface area contributed by atoms with Crippen LogP contribution in [0.4, 0.5) is 11.4 Å². The van der Waals surface area contributed by atoms with Crippen molar-refractivity contribution in [1.82, 2.24) is 4.98 Å². The van der Waals surface area contributed by atoms with Crippen LogP contribution in [0.15, 0.2) is 54.5 Å². The summed E-state index contributed by atoms with van der Waals surface area (Å²) in [5.74, 6) is 0.538. The number of hydrogen-bond donors (Lipinski definition) is 0. The lowest BCUT2D eigenvalue weighted by atomic mass is 9.56. The third kappa shape index (κ3) is 2.33. The molecule has 3 heteroatoms. The fraction of sp³-hybridized carbons (Fsp3) is 0.536. The van der Waals surface area contributed by atoms with Gasteiger partial charge in [-0.15, -0.1) is 0 Å². The summed E-state index contributed by atoms with van der Waals surface area (Å²) >= 11 is 0. The molecule has 0 radical (unpaired) electrons. The van der Waals surface area contributed by atoms with Crippen LogP contribution in [-0.2, 0) is 10.8 Å². The molecule has 2 aromatic rings. The van der Waals surface area contributed by atoms with Crippen LogP contribution < -0.4 is 9.80 Å². The van der Waals surface area contributed by atoms with Gasteiger partial charge in [0.15, 0.2) is 0 Å². The summed E-state index contributed by atoms with van der Waals surface area (Å²) in [5.41, 5.74) is 7.01. The van der Waals surface area contributed by atoms with E-state index in [0.29, 0.717) is 12.1 Å². The molecule has 164 valence electrons. The van der Waals surface area contributed by atoms with E-state index < -0.39 is 0 Å². The van der Waals surface area contributed by atoms with Gasteiger partial charge < -0.3 is 9.80 Å². The van der Waals surface area contributed by atoms with Gasteiger partial charge >= 0.3 is 0 Å². The molecule has 0 saturated heterocycles. The Hall–Kier alpha value is -2.29. The molecular weight excluding hydrogens is 378 g/mol. The topological polar surface area (TPSA) is 19.4 Å². The van der Waals surface area contributed by atoms with E-state index in [0.717, 1.165) is 19.3 Å². The Morgan fingerprint density at radius 2 is 1.58 bits per heavy atom. The van der Waals surface area contributed by atoms with Gasteiger partial charge in [0, 0.05) is 45.9 Å². The monoisotopic (exact) mass is 415 g/mol. The lowest BCUT2D eigenvalue weighted by Gasteiger charge is -2.59. The summed E-state index contributed by atoms with van der Waals surface area (Å²) in [6, 6.07) is 13.3. The maximum absolute atomic E-state index is 5.05. The third-order valence-electron chi connectivity index (χ3n) is 9.39. The number of rotatable bonds is 4. The molecule has 0 fully saturated rings. The first-order chi connectivity index (χ1) is 14.8. The zero-order valence-electron chi connectivity index (χ0n) is 20.2. The minimum absolute atomic E-state index is 0.0237. The summed E-state index contributed by atoms with van der Waals surface area (Å²) in [6.45, 7) is 16.8. The molecule has 31 heavy (non-hydrogen) atoms. The molecule has 0 bridgehead atoms. The van der Waals surface area contributed by atoms with Gasteiger partial charge in [-0.3, -0.25) is 4.98 Å². The van der Waals surface area contributed by atoms with Crippen molar-refractivity contribution in [2.45, 2.75) is 84.7 Å². The minimum atomic E-state index is -0.0514. The summed E-state index contributed by atoms with van der Waals surface area (Å²) < 4.78 is 0. The molecule has 0 aliphatic carbocycles. The average molecular weight is 416 g/mol. The molecule has 0 spiro atoms. The number of allylic oxidation sites excluding steroid dienone is 1. The molecule has 0 N–H and O–H groups in total. The van der Waals surface area contributed by atoms with Crippen LogP contribution in [0.5, 0.6) is 0 Å². The first kappa shape index (κ1) is 20.6. The molecular formula is C28H37N3. The summed E-state index contributed by atoms with van der Waals surface area (Å²) in [6.07, 6.45) is 8.32. The standard InChI is InChI=1S/C28H37N3/c1-8-20-25-30(19-14-12-11-13-15-19)18-22-26(4,5)27(6,7)24-23(31(22)25)21(16-17-29-24)28(20,9-2)10-3/h11-18,20,25H,8-10H2,1-7H3. The minimum Gasteiger partial charge on any atom is -0.325 e. The van der Waals surface area contributed by atoms with E-state index in [1.54, 1.807) is 0 Å². The van der Waals surface area contributed by atoms with Gasteiger partial charge in [-0.1, -0.05) is 66.7 Å². The molecule has 1 aromatic heterocycles. The fourth-order valence-corrected chi connectivity index (χ4v) is 6.87. The molecule has 3 aliphatic rings. The van der Waals surface area contributed by atoms with Crippen LogP contribution in [0.3, 0.4) is 0 Å². The summed E-state index contributed by atoms with van der Waals surface area (Å²) in [5, 5.41) is 0. The quantitative estimate of drug-likeness (QED) is 0.536. The highest BCUT2D eigenvalue weighted by Crippen LogP contribution is 2.64. The van der Waals surface area contributed by atoms with Crippen molar-refractivity contribution in [1.29, 1.82) is 0 Å². The van der Waals surface area contributed by atoms with Crippen molar-refractivity contribution in [2.75, 3.05) is 9.80 Å². The predicted molar refractivity (Wildman–Crippen MR) is 130 cm³/mol. The molecule has 0 amide bonds. The Morgan fingerprint density at radius 3 is 2.19 bits per heavy atom. The zero-order chi connectivity index (χ0) is 22.2. The van der Waals surface area contributed by atoms with Gasteiger partial charge in [-0.2, -0.15) is 0 Å². The second-order valence-electron chi connectivity index (χ2n) is 10.7. The lowest BCUT2D eigenvalue weighted by Crippen LogP contribution is -2.61. The van der Waals surface area contributed by atoms with Crippen molar-refractivity contribution in [3.05, 3.63) is 65.7 Å². The second-order valence-corrected chi connectivity index (χ2v) is 10.7. The number of nitrogens with zero attached hydrogens (tertiary/aromatic N) is 3. The highest BCUT2D eigenvalue weighted by molar-refractivity contribution is 5.77. The van der Waals surface area contributed by atoms with Crippen molar-refractivity contribution < 1.29 is 0 Å². The van der Waals surface area contributed by atoms with Crippen LogP contribution in [0.2, 0.25) is 0 Å². The van der Waals surface area contributed by atoms with E-state index in [1.807, 2.05) is 0 Å². The molecule has 2 unspecified atom stereocenters. The fourth-order valence-electron chi connectivity index (χ4n) is 6.87. The molecule has 5 rings (SSSR count). The molecule has 2 atom stereocenters. The number of benzene rings is 1. The van der Waals surface area contributed by atoms with Crippen molar-refractivity contribution >= 4 is 11.4 Å². The number of para-hydroxylation sites is 1. The van der Waals surface area contributed by atoms with Crippen LogP contribution in [0, 0.1) is 11.3 Å². The number of anilines is 2. The number of hydrogen-bond acceptors (Lipinski definition) is 3. The Kier molecular flexibility index (Phi) is 4.39. The highest BCUT2D eigenvalue weighted by atomic mass is 15.4. The van der Waals surface area contributed by atoms with Gasteiger partial charge in [0.25, 0.3) is 0 Å². The average Bonchev–Trinajstić information content (AvgIpc) is 3.18. The van der Waals surface area contributed by atoms with Gasteiger partial charge in [-0.05, 0) is 43.0 Å². The van der Waals surface area contributed by atoms with Gasteiger partial charge in [-0.25, -0.2) is 0 Å². The van der Waals surface area contributed by atoms with E-state index in [-0.39, 0.29) is 16.2 Å². The molecule has 0 saturated carbocycles. The van der Waals surface area contributed by atoms with Crippen molar-refractivity contribution in [2.24, 2.45) is 11.3 Å². The van der Waals surface area contributed by atoms with E-state index >= 15 is 0 Å². The highest BCUT2D eigenvalue weighted by Gasteiger charge is 2.61. The Labute approximate surface area is 188 Å². The van der Waals surface area contributed by atoms with Crippen LogP contribution >= 0.6 is 0 Å². The van der Waals surface area contributed by atoms with Crippen LogP contribution in [-0.4, -0.2) is 11.1 Å². The van der Waals surface area contributed by atoms with Gasteiger partial charge in [0.1, 0.15) is 6.17 Å². The molecule has 3 aliphatic heterocycles. The first-order valence-corrected chi connectivity index (χ1v) is 12.1. The van der Waals surface area contributed by atoms with Crippen molar-refractivity contribution in [3.8, 4) is 0 Å². The first-order valence-electron chi connectivity index (χ1n) is 12.1. The maximum Gasteiger partial charge on any atom is 0.114 e. The Bertz CT molecular complexity index is 1030. The van der Waals surface area contributed by atoms with E-state index in [1.165, 1.54) is 28.3 Å². The van der Waals surface area contributed by atoms with E-state index in [2.05, 4.69) is 107 Å². The van der Waals surface area contributed by atoms with Gasteiger partial charge in [0.05, 0.1) is 11.4 Å². The number of aromatic nitrogens is 1. The third-order valence-corrected chi connectivity index (χ3v) is 9.39. The summed E-state index contributed by atoms with van der Waals surface area (Å²) in [4.78, 5) is 10.3. The smallest absolute Gasteiger partial charge is 0.114 e. The van der Waals surface area contributed by atoms with Crippen LogP contribution in [0.1, 0.15) is 79.0 Å². The SMILES string of the molecule is CCC1C2N(c3ccccc3)C=C3N2c2c(ccnc2C(C)(C)C3(C)C)C1(CC)CC. The zero-order valence-corrected chi connectivity index (χ0v) is 20.2. The molecule has 4 heterocycles. The second kappa shape index (κ2) is 6.60. The summed E-state index contributed by atoms with van der Waals surface area (Å²) in [7, 11) is 0. The Morgan fingerprint density at radius 1 is 0.903 bits per heavy atom. The molecule has 1 aromatic carbocycles.